The van der Waals surface area contributed by atoms with Gasteiger partial charge < -0.3 is 10.1 Å². The Kier molecular flexibility index (Phi) is 6.54. The first kappa shape index (κ1) is 12.6. The number of thioether (sulfide) groups is 1. The molecule has 1 aliphatic heterocycles. The van der Waals surface area contributed by atoms with E-state index in [9.17, 15) is 0 Å². The van der Waals surface area contributed by atoms with Gasteiger partial charge in [0.15, 0.2) is 0 Å². The van der Waals surface area contributed by atoms with E-state index in [-0.39, 0.29) is 0 Å². The second kappa shape index (κ2) is 7.78. The Morgan fingerprint density at radius 1 is 1.53 bits per heavy atom. The van der Waals surface area contributed by atoms with Crippen molar-refractivity contribution in [3.63, 3.8) is 0 Å². The number of hydrogen-bond acceptors (Lipinski definition) is 4. The first-order chi connectivity index (χ1) is 7.36. The van der Waals surface area contributed by atoms with Crippen LogP contribution in [0.25, 0.3) is 0 Å². The number of ether oxygens (including phenoxy) is 1. The third-order valence-corrected chi connectivity index (χ3v) is 3.31. The molecule has 0 atom stereocenters. The predicted octanol–water partition coefficient (Wildman–Crippen LogP) is -0.0627. The molecule has 0 unspecified atom stereocenters. The fourth-order valence-corrected chi connectivity index (χ4v) is 2.52. The van der Waals surface area contributed by atoms with Crippen molar-refractivity contribution in [1.29, 1.82) is 0 Å². The third-order valence-electron chi connectivity index (χ3n) is 2.26. The van der Waals surface area contributed by atoms with Crippen LogP contribution in [0.2, 0.25) is 0 Å². The highest BCUT2D eigenvalue weighted by molar-refractivity contribution is 7.99. The van der Waals surface area contributed by atoms with Crippen molar-refractivity contribution in [1.82, 2.24) is 10.7 Å². The SMILES string of the molecule is COCCN=C(NN)NC1CCSCC1. The molecule has 1 fully saturated rings. The zero-order valence-electron chi connectivity index (χ0n) is 9.16. The Bertz CT molecular complexity index is 195. The van der Waals surface area contributed by atoms with Gasteiger partial charge in [0.05, 0.1) is 13.2 Å². The molecule has 0 aromatic rings. The van der Waals surface area contributed by atoms with Gasteiger partial charge in [-0.3, -0.25) is 5.43 Å². The molecule has 0 aliphatic carbocycles. The minimum absolute atomic E-state index is 0.503. The normalized spacial score (nSPS) is 18.9. The van der Waals surface area contributed by atoms with Crippen LogP contribution < -0.4 is 16.6 Å². The van der Waals surface area contributed by atoms with E-state index < -0.39 is 0 Å². The molecule has 0 radical (unpaired) electrons. The zero-order chi connectivity index (χ0) is 10.9. The monoisotopic (exact) mass is 232 g/mol. The van der Waals surface area contributed by atoms with Gasteiger partial charge >= 0.3 is 0 Å². The summed E-state index contributed by atoms with van der Waals surface area (Å²) in [6, 6.07) is 0.503. The lowest BCUT2D eigenvalue weighted by molar-refractivity contribution is 0.208. The summed E-state index contributed by atoms with van der Waals surface area (Å²) in [4.78, 5) is 4.26. The second-order valence-corrected chi connectivity index (χ2v) is 4.62. The van der Waals surface area contributed by atoms with Gasteiger partial charge in [0.25, 0.3) is 0 Å². The van der Waals surface area contributed by atoms with E-state index in [0.29, 0.717) is 25.2 Å². The van der Waals surface area contributed by atoms with E-state index in [4.69, 9.17) is 10.6 Å². The Hall–Kier alpha value is -0.460. The van der Waals surface area contributed by atoms with Crippen molar-refractivity contribution in [2.24, 2.45) is 10.8 Å². The van der Waals surface area contributed by atoms with Crippen LogP contribution >= 0.6 is 11.8 Å². The molecule has 1 heterocycles. The van der Waals surface area contributed by atoms with Crippen molar-refractivity contribution in [2.45, 2.75) is 18.9 Å². The van der Waals surface area contributed by atoms with E-state index in [1.807, 2.05) is 11.8 Å². The number of nitrogens with zero attached hydrogens (tertiary/aromatic N) is 1. The van der Waals surface area contributed by atoms with E-state index >= 15 is 0 Å². The number of nitrogens with one attached hydrogen (secondary N) is 2. The lowest BCUT2D eigenvalue weighted by Crippen LogP contribution is -2.47. The van der Waals surface area contributed by atoms with Gasteiger partial charge in [0.2, 0.25) is 5.96 Å². The van der Waals surface area contributed by atoms with Crippen LogP contribution in [-0.2, 0) is 4.74 Å². The molecule has 1 aliphatic rings. The summed E-state index contributed by atoms with van der Waals surface area (Å²) < 4.78 is 4.92. The lowest BCUT2D eigenvalue weighted by Gasteiger charge is -2.23. The van der Waals surface area contributed by atoms with Crippen molar-refractivity contribution in [3.8, 4) is 0 Å². The zero-order valence-corrected chi connectivity index (χ0v) is 9.98. The Balaban J connectivity index is 2.27. The van der Waals surface area contributed by atoms with Crippen LogP contribution in [0.15, 0.2) is 4.99 Å². The van der Waals surface area contributed by atoms with Crippen molar-refractivity contribution >= 4 is 17.7 Å². The molecular formula is C9H20N4OS. The number of aliphatic imine (C=N–C) groups is 1. The largest absolute Gasteiger partial charge is 0.383 e. The fraction of sp³-hybridized carbons (Fsp3) is 0.889. The van der Waals surface area contributed by atoms with Crippen LogP contribution in [0.4, 0.5) is 0 Å². The van der Waals surface area contributed by atoms with Gasteiger partial charge in [-0.2, -0.15) is 11.8 Å². The molecule has 0 aromatic heterocycles. The van der Waals surface area contributed by atoms with Gasteiger partial charge in [-0.1, -0.05) is 0 Å². The first-order valence-electron chi connectivity index (χ1n) is 5.21. The minimum Gasteiger partial charge on any atom is -0.383 e. The molecule has 0 bridgehead atoms. The summed E-state index contributed by atoms with van der Waals surface area (Å²) >= 11 is 2.00. The maximum atomic E-state index is 5.38. The topological polar surface area (TPSA) is 71.7 Å². The summed E-state index contributed by atoms with van der Waals surface area (Å²) in [7, 11) is 1.66. The minimum atomic E-state index is 0.503. The standard InChI is InChI=1S/C9H20N4OS/c1-14-5-4-11-9(13-10)12-8-2-6-15-7-3-8/h8H,2-7,10H2,1H3,(H2,11,12,13). The van der Waals surface area contributed by atoms with E-state index in [1.165, 1.54) is 24.3 Å². The van der Waals surface area contributed by atoms with Crippen LogP contribution in [0.3, 0.4) is 0 Å². The highest BCUT2D eigenvalue weighted by atomic mass is 32.2. The number of rotatable bonds is 4. The highest BCUT2D eigenvalue weighted by Crippen LogP contribution is 2.16. The van der Waals surface area contributed by atoms with Gasteiger partial charge in [0, 0.05) is 13.2 Å². The second-order valence-electron chi connectivity index (χ2n) is 3.40. The van der Waals surface area contributed by atoms with Crippen molar-refractivity contribution < 1.29 is 4.74 Å². The summed E-state index contributed by atoms with van der Waals surface area (Å²) in [6.45, 7) is 1.25. The van der Waals surface area contributed by atoms with E-state index in [2.05, 4.69) is 15.7 Å². The maximum absolute atomic E-state index is 5.38. The van der Waals surface area contributed by atoms with Crippen molar-refractivity contribution in [2.75, 3.05) is 31.8 Å². The van der Waals surface area contributed by atoms with Gasteiger partial charge in [-0.25, -0.2) is 10.8 Å². The van der Waals surface area contributed by atoms with Crippen LogP contribution in [0.5, 0.6) is 0 Å². The summed E-state index contributed by atoms with van der Waals surface area (Å²) in [5.41, 5.74) is 2.58. The summed E-state index contributed by atoms with van der Waals surface area (Å²) in [6.07, 6.45) is 2.35. The predicted molar refractivity (Wildman–Crippen MR) is 65.0 cm³/mol. The number of methoxy groups -OCH3 is 1. The van der Waals surface area contributed by atoms with Crippen LogP contribution in [0.1, 0.15) is 12.8 Å². The molecule has 88 valence electrons. The number of nitrogens with two attached hydrogens (primary N) is 1. The number of hydrogen-bond donors (Lipinski definition) is 3. The van der Waals surface area contributed by atoms with Crippen LogP contribution in [-0.4, -0.2) is 43.8 Å². The molecule has 4 N–H and O–H groups in total. The highest BCUT2D eigenvalue weighted by Gasteiger charge is 2.14. The van der Waals surface area contributed by atoms with Gasteiger partial charge in [0.1, 0.15) is 0 Å². The summed E-state index contributed by atoms with van der Waals surface area (Å²) in [5.74, 6) is 8.48. The molecule has 15 heavy (non-hydrogen) atoms. The molecule has 0 aromatic carbocycles. The maximum Gasteiger partial charge on any atom is 0.206 e. The van der Waals surface area contributed by atoms with E-state index in [0.717, 1.165) is 0 Å². The third kappa shape index (κ3) is 5.25. The number of guanidine groups is 1. The summed E-state index contributed by atoms with van der Waals surface area (Å²) in [5, 5.41) is 3.31. The molecule has 0 spiro atoms. The average Bonchev–Trinajstić information content (AvgIpc) is 2.29. The van der Waals surface area contributed by atoms with Crippen LogP contribution in [0, 0.1) is 0 Å². The molecule has 1 saturated heterocycles. The molecule has 0 amide bonds. The Morgan fingerprint density at radius 3 is 2.87 bits per heavy atom. The quantitative estimate of drug-likeness (QED) is 0.208. The first-order valence-corrected chi connectivity index (χ1v) is 6.36. The molecular weight excluding hydrogens is 212 g/mol. The van der Waals surface area contributed by atoms with Crippen molar-refractivity contribution in [3.05, 3.63) is 0 Å². The molecule has 1 rings (SSSR count). The van der Waals surface area contributed by atoms with Gasteiger partial charge in [-0.05, 0) is 24.3 Å². The average molecular weight is 232 g/mol. The Morgan fingerprint density at radius 2 is 2.27 bits per heavy atom. The smallest absolute Gasteiger partial charge is 0.206 e. The lowest BCUT2D eigenvalue weighted by atomic mass is 10.2. The molecule has 5 nitrogen and oxygen atoms in total. The van der Waals surface area contributed by atoms with Gasteiger partial charge in [-0.15, -0.1) is 0 Å². The fourth-order valence-electron chi connectivity index (χ4n) is 1.42. The number of hydrazine groups is 1. The van der Waals surface area contributed by atoms with E-state index in [1.54, 1.807) is 7.11 Å². The molecule has 0 saturated carbocycles. The Labute approximate surface area is 95.2 Å². The molecule has 6 heteroatoms.